The van der Waals surface area contributed by atoms with Gasteiger partial charge < -0.3 is 29.4 Å². The summed E-state index contributed by atoms with van der Waals surface area (Å²) in [5.74, 6) is 0.874. The normalized spacial score (nSPS) is 11.0. The van der Waals surface area contributed by atoms with Crippen LogP contribution in [0.1, 0.15) is 21.5 Å². The van der Waals surface area contributed by atoms with Crippen LogP contribution in [0.25, 0.3) is 12.2 Å². The SMILES string of the molecule is COc1ccc(C=Cc2cc(OC)c(OC)c(OC)c2)c(NC=CC(=O)c2ccc(F)cc2)c1O. The second kappa shape index (κ2) is 11.6. The second-order valence-corrected chi connectivity index (χ2v) is 7.22. The van der Waals surface area contributed by atoms with Gasteiger partial charge in [0.05, 0.1) is 34.1 Å². The van der Waals surface area contributed by atoms with Gasteiger partial charge >= 0.3 is 0 Å². The minimum atomic E-state index is -0.423. The molecule has 0 aliphatic rings. The van der Waals surface area contributed by atoms with E-state index in [1.807, 2.05) is 6.08 Å². The van der Waals surface area contributed by atoms with Crippen molar-refractivity contribution in [1.29, 1.82) is 0 Å². The van der Waals surface area contributed by atoms with Crippen molar-refractivity contribution >= 4 is 23.6 Å². The van der Waals surface area contributed by atoms with Crippen molar-refractivity contribution in [2.24, 2.45) is 0 Å². The minimum absolute atomic E-state index is 0.126. The van der Waals surface area contributed by atoms with Crippen molar-refractivity contribution in [3.63, 3.8) is 0 Å². The molecule has 0 aromatic heterocycles. The number of carbonyl (C=O) groups is 1. The van der Waals surface area contributed by atoms with Crippen molar-refractivity contribution in [3.05, 3.63) is 83.3 Å². The molecule has 0 radical (unpaired) electrons. The van der Waals surface area contributed by atoms with Gasteiger partial charge in [-0.3, -0.25) is 4.79 Å². The number of phenolic OH excluding ortho intramolecular Hbond substituents is 1. The third-order valence-corrected chi connectivity index (χ3v) is 5.13. The highest BCUT2D eigenvalue weighted by atomic mass is 19.1. The zero-order valence-corrected chi connectivity index (χ0v) is 19.8. The largest absolute Gasteiger partial charge is 0.503 e. The number of phenols is 1. The number of methoxy groups -OCH3 is 4. The van der Waals surface area contributed by atoms with Crippen LogP contribution in [0.2, 0.25) is 0 Å². The summed E-state index contributed by atoms with van der Waals surface area (Å²) in [7, 11) is 6.04. The number of hydrogen-bond donors (Lipinski definition) is 2. The summed E-state index contributed by atoms with van der Waals surface area (Å²) in [4.78, 5) is 12.3. The molecule has 0 saturated heterocycles. The fraction of sp³-hybridized carbons (Fsp3) is 0.148. The zero-order valence-electron chi connectivity index (χ0n) is 19.8. The van der Waals surface area contributed by atoms with Crippen LogP contribution in [0.15, 0.2) is 60.8 Å². The third-order valence-electron chi connectivity index (χ3n) is 5.13. The Labute approximate surface area is 203 Å². The predicted molar refractivity (Wildman–Crippen MR) is 133 cm³/mol. The molecule has 3 aromatic carbocycles. The number of ether oxygens (including phenoxy) is 4. The first kappa shape index (κ1) is 25.2. The summed E-state index contributed by atoms with van der Waals surface area (Å²) in [6, 6.07) is 12.2. The molecule has 3 rings (SSSR count). The molecule has 0 spiro atoms. The summed E-state index contributed by atoms with van der Waals surface area (Å²) >= 11 is 0. The number of hydrogen-bond acceptors (Lipinski definition) is 7. The summed E-state index contributed by atoms with van der Waals surface area (Å²) in [6.07, 6.45) is 6.28. The lowest BCUT2D eigenvalue weighted by molar-refractivity contribution is 0.104. The fourth-order valence-electron chi connectivity index (χ4n) is 3.34. The molecule has 0 aliphatic heterocycles. The van der Waals surface area contributed by atoms with Crippen LogP contribution in [-0.2, 0) is 0 Å². The summed E-state index contributed by atoms with van der Waals surface area (Å²) < 4.78 is 34.4. The highest BCUT2D eigenvalue weighted by molar-refractivity contribution is 6.04. The van der Waals surface area contributed by atoms with Crippen LogP contribution in [-0.4, -0.2) is 39.3 Å². The van der Waals surface area contributed by atoms with Crippen LogP contribution in [0.4, 0.5) is 10.1 Å². The molecule has 2 N–H and O–H groups in total. The predicted octanol–water partition coefficient (Wildman–Crippen LogP) is 5.54. The van der Waals surface area contributed by atoms with Crippen LogP contribution in [0.5, 0.6) is 28.7 Å². The van der Waals surface area contributed by atoms with E-state index in [1.54, 1.807) is 30.3 Å². The Balaban J connectivity index is 1.91. The Morgan fingerprint density at radius 3 is 2.06 bits per heavy atom. The van der Waals surface area contributed by atoms with Crippen molar-refractivity contribution < 1.29 is 33.2 Å². The molecule has 0 unspecified atom stereocenters. The summed E-state index contributed by atoms with van der Waals surface area (Å²) in [5, 5.41) is 13.6. The minimum Gasteiger partial charge on any atom is -0.503 e. The lowest BCUT2D eigenvalue weighted by Gasteiger charge is -2.13. The van der Waals surface area contributed by atoms with Gasteiger partial charge in [0.25, 0.3) is 0 Å². The van der Waals surface area contributed by atoms with E-state index in [0.29, 0.717) is 34.1 Å². The topological polar surface area (TPSA) is 86.3 Å². The van der Waals surface area contributed by atoms with Gasteiger partial charge in [0, 0.05) is 23.4 Å². The van der Waals surface area contributed by atoms with Gasteiger partial charge in [0.2, 0.25) is 5.75 Å². The number of rotatable bonds is 10. The van der Waals surface area contributed by atoms with Gasteiger partial charge in [-0.1, -0.05) is 12.2 Å². The van der Waals surface area contributed by atoms with Crippen molar-refractivity contribution in [1.82, 2.24) is 0 Å². The van der Waals surface area contributed by atoms with E-state index in [1.165, 1.54) is 65.0 Å². The number of benzene rings is 3. The number of anilines is 1. The maximum atomic E-state index is 13.1. The Morgan fingerprint density at radius 1 is 0.857 bits per heavy atom. The second-order valence-electron chi connectivity index (χ2n) is 7.22. The number of carbonyl (C=O) groups excluding carboxylic acids is 1. The van der Waals surface area contributed by atoms with E-state index in [4.69, 9.17) is 18.9 Å². The Hall–Kier alpha value is -4.46. The van der Waals surface area contributed by atoms with E-state index >= 15 is 0 Å². The van der Waals surface area contributed by atoms with Crippen LogP contribution in [0.3, 0.4) is 0 Å². The molecule has 182 valence electrons. The first-order valence-corrected chi connectivity index (χ1v) is 10.5. The average molecular weight is 480 g/mol. The molecule has 0 aliphatic carbocycles. The van der Waals surface area contributed by atoms with Crippen molar-refractivity contribution in [2.75, 3.05) is 33.8 Å². The smallest absolute Gasteiger partial charge is 0.203 e. The van der Waals surface area contributed by atoms with E-state index < -0.39 is 5.82 Å². The van der Waals surface area contributed by atoms with Crippen LogP contribution < -0.4 is 24.3 Å². The quantitative estimate of drug-likeness (QED) is 0.171. The van der Waals surface area contributed by atoms with Gasteiger partial charge in [-0.15, -0.1) is 0 Å². The van der Waals surface area contributed by atoms with Gasteiger partial charge in [0.15, 0.2) is 28.8 Å². The highest BCUT2D eigenvalue weighted by Gasteiger charge is 2.14. The zero-order chi connectivity index (χ0) is 25.4. The number of nitrogens with one attached hydrogen (secondary N) is 1. The molecule has 0 amide bonds. The van der Waals surface area contributed by atoms with Crippen LogP contribution >= 0.6 is 0 Å². The first-order valence-electron chi connectivity index (χ1n) is 10.5. The van der Waals surface area contributed by atoms with Gasteiger partial charge in [-0.05, 0) is 54.1 Å². The lowest BCUT2D eigenvalue weighted by Crippen LogP contribution is -1.98. The standard InChI is InChI=1S/C27H26FNO6/c1-32-22-12-9-19(6-5-17-15-23(33-2)27(35-4)24(16-17)34-3)25(26(22)31)29-14-13-21(30)18-7-10-20(28)11-8-18/h5-16,29,31H,1-4H3. The van der Waals surface area contributed by atoms with Crippen molar-refractivity contribution in [2.45, 2.75) is 0 Å². The molecule has 35 heavy (non-hydrogen) atoms. The maximum Gasteiger partial charge on any atom is 0.203 e. The van der Waals surface area contributed by atoms with E-state index in [0.717, 1.165) is 5.56 Å². The van der Waals surface area contributed by atoms with Gasteiger partial charge in [-0.25, -0.2) is 4.39 Å². The number of allylic oxidation sites excluding steroid dienone is 1. The Morgan fingerprint density at radius 2 is 1.49 bits per heavy atom. The molecule has 0 fully saturated rings. The molecular formula is C27H26FNO6. The van der Waals surface area contributed by atoms with Crippen LogP contribution in [0, 0.1) is 5.82 Å². The third kappa shape index (κ3) is 5.92. The Bertz CT molecular complexity index is 1230. The molecule has 0 heterocycles. The molecular weight excluding hydrogens is 453 g/mol. The molecule has 3 aromatic rings. The first-order chi connectivity index (χ1) is 16.9. The number of aromatic hydroxyl groups is 1. The summed E-state index contributed by atoms with van der Waals surface area (Å²) in [6.45, 7) is 0. The van der Waals surface area contributed by atoms with Gasteiger partial charge in [-0.2, -0.15) is 0 Å². The summed E-state index contributed by atoms with van der Waals surface area (Å²) in [5.41, 5.74) is 2.05. The van der Waals surface area contributed by atoms with E-state index in [9.17, 15) is 14.3 Å². The molecule has 0 atom stereocenters. The number of halogens is 1. The highest BCUT2D eigenvalue weighted by Crippen LogP contribution is 2.40. The van der Waals surface area contributed by atoms with E-state index in [-0.39, 0.29) is 17.3 Å². The average Bonchev–Trinajstić information content (AvgIpc) is 2.88. The van der Waals surface area contributed by atoms with Crippen molar-refractivity contribution in [3.8, 4) is 28.7 Å². The molecule has 0 saturated carbocycles. The van der Waals surface area contributed by atoms with Gasteiger partial charge in [0.1, 0.15) is 5.82 Å². The lowest BCUT2D eigenvalue weighted by atomic mass is 10.1. The molecule has 8 heteroatoms. The molecule has 0 bridgehead atoms. The fourth-order valence-corrected chi connectivity index (χ4v) is 3.34. The monoisotopic (exact) mass is 479 g/mol. The Kier molecular flexibility index (Phi) is 8.34. The van der Waals surface area contributed by atoms with E-state index in [2.05, 4.69) is 5.32 Å². The number of ketones is 1. The molecule has 7 nitrogen and oxygen atoms in total. The maximum absolute atomic E-state index is 13.1.